The van der Waals surface area contributed by atoms with Crippen LogP contribution in [0.5, 0.6) is 0 Å². The number of rotatable bonds is 1. The van der Waals surface area contributed by atoms with E-state index in [9.17, 15) is 0 Å². The van der Waals surface area contributed by atoms with Crippen LogP contribution in [0.25, 0.3) is 44.0 Å². The monoisotopic (exact) mass is 494 g/mol. The van der Waals surface area contributed by atoms with Crippen molar-refractivity contribution in [1.29, 1.82) is 0 Å². The SMILES string of the molecule is Cc1cc(C(C)(C)C)c2c(c1C)-c1c3c(cc4c5ccc(CC(C)(C)C)cc5oc4c3cc[n+]1C)S2. The van der Waals surface area contributed by atoms with E-state index in [0.717, 1.165) is 17.6 Å². The van der Waals surface area contributed by atoms with Crippen molar-refractivity contribution < 1.29 is 8.98 Å². The molecule has 0 radical (unpaired) electrons. The molecule has 2 aromatic heterocycles. The molecule has 184 valence electrons. The zero-order valence-corrected chi connectivity index (χ0v) is 23.8. The zero-order valence-electron chi connectivity index (χ0n) is 23.0. The first-order chi connectivity index (χ1) is 16.8. The molecule has 0 unspecified atom stereocenters. The van der Waals surface area contributed by atoms with Gasteiger partial charge in [-0.2, -0.15) is 0 Å². The third-order valence-corrected chi connectivity index (χ3v) is 8.84. The fraction of sp³-hybridized carbons (Fsp3) is 0.364. The predicted molar refractivity (Wildman–Crippen MR) is 153 cm³/mol. The summed E-state index contributed by atoms with van der Waals surface area (Å²) in [4.78, 5) is 2.73. The lowest BCUT2D eigenvalue weighted by Crippen LogP contribution is -2.32. The van der Waals surface area contributed by atoms with Crippen molar-refractivity contribution in [2.24, 2.45) is 12.5 Å². The van der Waals surface area contributed by atoms with Crippen molar-refractivity contribution in [2.45, 2.75) is 77.0 Å². The maximum atomic E-state index is 6.64. The van der Waals surface area contributed by atoms with Gasteiger partial charge in [0.25, 0.3) is 0 Å². The second-order valence-corrected chi connectivity index (χ2v) is 14.0. The molecule has 0 atom stereocenters. The Labute approximate surface area is 218 Å². The Morgan fingerprint density at radius 2 is 1.64 bits per heavy atom. The molecule has 36 heavy (non-hydrogen) atoms. The highest BCUT2D eigenvalue weighted by atomic mass is 32.2. The summed E-state index contributed by atoms with van der Waals surface area (Å²) in [5.74, 6) is 0. The van der Waals surface area contributed by atoms with E-state index in [1.165, 1.54) is 64.8 Å². The van der Waals surface area contributed by atoms with Gasteiger partial charge in [0.2, 0.25) is 5.69 Å². The third kappa shape index (κ3) is 3.50. The Kier molecular flexibility index (Phi) is 4.99. The van der Waals surface area contributed by atoms with E-state index in [4.69, 9.17) is 4.42 Å². The molecular weight excluding hydrogens is 458 g/mol. The minimum atomic E-state index is 0.0649. The third-order valence-electron chi connectivity index (χ3n) is 7.67. The Bertz CT molecular complexity index is 1720. The summed E-state index contributed by atoms with van der Waals surface area (Å²) in [6.45, 7) is 18.4. The number of benzene rings is 3. The summed E-state index contributed by atoms with van der Waals surface area (Å²) in [6.07, 6.45) is 3.24. The quantitative estimate of drug-likeness (QED) is 0.212. The van der Waals surface area contributed by atoms with Gasteiger partial charge in [0, 0.05) is 32.0 Å². The van der Waals surface area contributed by atoms with Crippen LogP contribution in [0.3, 0.4) is 0 Å². The lowest BCUT2D eigenvalue weighted by Gasteiger charge is -2.29. The van der Waals surface area contributed by atoms with Crippen molar-refractivity contribution >= 4 is 44.5 Å². The number of aryl methyl sites for hydroxylation is 2. The van der Waals surface area contributed by atoms with Gasteiger partial charge in [-0.15, -0.1) is 0 Å². The zero-order chi connectivity index (χ0) is 25.7. The first kappa shape index (κ1) is 23.6. The number of hydrogen-bond donors (Lipinski definition) is 0. The van der Waals surface area contributed by atoms with Crippen LogP contribution in [0.4, 0.5) is 0 Å². The van der Waals surface area contributed by atoms with Gasteiger partial charge in [-0.3, -0.25) is 0 Å². The molecule has 0 N–H and O–H groups in total. The van der Waals surface area contributed by atoms with Crippen LogP contribution < -0.4 is 4.57 Å². The van der Waals surface area contributed by atoms with Crippen LogP contribution >= 0.6 is 11.8 Å². The van der Waals surface area contributed by atoms with Crippen LogP contribution in [0.1, 0.15) is 63.8 Å². The van der Waals surface area contributed by atoms with Crippen molar-refractivity contribution in [3.8, 4) is 11.3 Å². The van der Waals surface area contributed by atoms with Crippen LogP contribution in [-0.2, 0) is 18.9 Å². The van der Waals surface area contributed by atoms with E-state index < -0.39 is 0 Å². The highest BCUT2D eigenvalue weighted by molar-refractivity contribution is 8.00. The number of pyridine rings is 1. The van der Waals surface area contributed by atoms with Gasteiger partial charge in [0.15, 0.2) is 6.20 Å². The summed E-state index contributed by atoms with van der Waals surface area (Å²) >= 11 is 1.94. The standard InChI is InChI=1S/C33H36NOS/c1-18-14-24(33(6,7)8)31-27(19(18)2)29-28-22(12-13-34(29)9)30-23(16-26(28)36-31)21-11-10-20(15-25(21)35-30)17-32(3,4)5/h10-16H,17H2,1-9H3/q+1. The first-order valence-electron chi connectivity index (χ1n) is 13.0. The summed E-state index contributed by atoms with van der Waals surface area (Å²) in [5, 5.41) is 4.94. The van der Waals surface area contributed by atoms with Gasteiger partial charge in [-0.25, -0.2) is 4.57 Å². The Morgan fingerprint density at radius 3 is 2.33 bits per heavy atom. The lowest BCUT2D eigenvalue weighted by molar-refractivity contribution is -0.659. The number of nitrogens with zero attached hydrogens (tertiary/aromatic N) is 1. The minimum Gasteiger partial charge on any atom is -0.455 e. The average Bonchev–Trinajstić information content (AvgIpc) is 3.13. The molecule has 0 bridgehead atoms. The first-order valence-corrected chi connectivity index (χ1v) is 13.8. The molecule has 0 saturated carbocycles. The smallest absolute Gasteiger partial charge is 0.222 e. The maximum absolute atomic E-state index is 6.64. The summed E-state index contributed by atoms with van der Waals surface area (Å²) < 4.78 is 8.95. The highest BCUT2D eigenvalue weighted by Crippen LogP contribution is 2.53. The molecule has 5 aromatic rings. The van der Waals surface area contributed by atoms with Crippen molar-refractivity contribution in [3.05, 3.63) is 64.8 Å². The Morgan fingerprint density at radius 1 is 0.889 bits per heavy atom. The van der Waals surface area contributed by atoms with E-state index in [1.54, 1.807) is 0 Å². The molecule has 0 fully saturated rings. The lowest BCUT2D eigenvalue weighted by atomic mass is 9.82. The topological polar surface area (TPSA) is 17.0 Å². The fourth-order valence-electron chi connectivity index (χ4n) is 5.85. The molecule has 0 amide bonds. The highest BCUT2D eigenvalue weighted by Gasteiger charge is 2.34. The molecule has 1 aliphatic heterocycles. The minimum absolute atomic E-state index is 0.0649. The van der Waals surface area contributed by atoms with E-state index >= 15 is 0 Å². The van der Waals surface area contributed by atoms with Gasteiger partial charge in [0.1, 0.15) is 18.2 Å². The van der Waals surface area contributed by atoms with Gasteiger partial charge in [0.05, 0.1) is 10.9 Å². The van der Waals surface area contributed by atoms with E-state index in [-0.39, 0.29) is 10.8 Å². The van der Waals surface area contributed by atoms with E-state index in [0.29, 0.717) is 0 Å². The normalized spacial score (nSPS) is 13.7. The van der Waals surface area contributed by atoms with E-state index in [1.807, 2.05) is 11.8 Å². The van der Waals surface area contributed by atoms with Gasteiger partial charge >= 0.3 is 0 Å². The predicted octanol–water partition coefficient (Wildman–Crippen LogP) is 9.20. The molecule has 6 rings (SSSR count). The fourth-order valence-corrected chi connectivity index (χ4v) is 7.38. The molecule has 3 heterocycles. The largest absolute Gasteiger partial charge is 0.455 e. The van der Waals surface area contributed by atoms with Crippen molar-refractivity contribution in [3.63, 3.8) is 0 Å². The number of hydrogen-bond acceptors (Lipinski definition) is 2. The molecule has 0 saturated heterocycles. The van der Waals surface area contributed by atoms with Crippen LogP contribution in [-0.4, -0.2) is 0 Å². The van der Waals surface area contributed by atoms with Gasteiger partial charge in [-0.05, 0) is 65.5 Å². The second kappa shape index (κ2) is 7.61. The Balaban J connectivity index is 1.70. The van der Waals surface area contributed by atoms with Gasteiger partial charge < -0.3 is 4.42 Å². The molecule has 0 aliphatic carbocycles. The molecule has 1 aliphatic rings. The Hall–Kier alpha value is -2.78. The van der Waals surface area contributed by atoms with Crippen LogP contribution in [0.15, 0.2) is 56.8 Å². The van der Waals surface area contributed by atoms with Crippen LogP contribution in [0.2, 0.25) is 0 Å². The molecule has 3 aromatic carbocycles. The van der Waals surface area contributed by atoms with Crippen LogP contribution in [0, 0.1) is 19.3 Å². The summed E-state index contributed by atoms with van der Waals surface area (Å²) in [6, 6.07) is 13.8. The maximum Gasteiger partial charge on any atom is 0.222 e. The molecule has 2 nitrogen and oxygen atoms in total. The number of fused-ring (bicyclic) bond motifs is 6. The average molecular weight is 495 g/mol. The summed E-state index contributed by atoms with van der Waals surface area (Å²) in [5.41, 5.74) is 10.5. The van der Waals surface area contributed by atoms with Gasteiger partial charge in [-0.1, -0.05) is 71.5 Å². The number of aromatic nitrogens is 1. The molecule has 3 heteroatoms. The second-order valence-electron chi connectivity index (χ2n) is 12.9. The van der Waals surface area contributed by atoms with Crippen molar-refractivity contribution in [1.82, 2.24) is 0 Å². The molecule has 0 spiro atoms. The summed E-state index contributed by atoms with van der Waals surface area (Å²) in [7, 11) is 2.18. The van der Waals surface area contributed by atoms with E-state index in [2.05, 4.69) is 110 Å². The number of furan rings is 1. The molecular formula is C33H36NOS+. The van der Waals surface area contributed by atoms with Crippen molar-refractivity contribution in [2.75, 3.05) is 0 Å².